The molecule has 0 saturated carbocycles. The SMILES string of the molecule is c1ccc(-c2cccc(P(c3ccccc3)c3ccccc3)c2Op2oc3ccccc3c3ccccc3o2)cc1. The van der Waals surface area contributed by atoms with E-state index in [0.717, 1.165) is 44.1 Å². The smallest absolute Gasteiger partial charge is 0.390 e. The normalized spacial score (nSPS) is 11.1. The van der Waals surface area contributed by atoms with E-state index in [1.807, 2.05) is 42.5 Å². The summed E-state index contributed by atoms with van der Waals surface area (Å²) in [4.78, 5) is 0. The lowest BCUT2D eigenvalue weighted by Crippen LogP contribution is -2.22. The van der Waals surface area contributed by atoms with Crippen molar-refractivity contribution in [1.29, 1.82) is 0 Å². The lowest BCUT2D eigenvalue weighted by atomic mass is 10.1. The fourth-order valence-corrected chi connectivity index (χ4v) is 8.62. The number of hydrogen-bond acceptors (Lipinski definition) is 3. The molecule has 198 valence electrons. The summed E-state index contributed by atoms with van der Waals surface area (Å²) in [7, 11) is -2.76. The fraction of sp³-hybridized carbons (Fsp3) is 0. The molecule has 5 heteroatoms. The molecule has 0 fully saturated rings. The fourth-order valence-electron chi connectivity index (χ4n) is 5.05. The molecule has 0 bridgehead atoms. The summed E-state index contributed by atoms with van der Waals surface area (Å²) in [6, 6.07) is 54.2. The second-order valence-electron chi connectivity index (χ2n) is 9.52. The van der Waals surface area contributed by atoms with E-state index in [1.54, 1.807) is 0 Å². The molecule has 1 heterocycles. The van der Waals surface area contributed by atoms with Gasteiger partial charge in [0.25, 0.3) is 0 Å². The van der Waals surface area contributed by atoms with Gasteiger partial charge in [-0.1, -0.05) is 146 Å². The Labute approximate surface area is 241 Å². The molecule has 0 saturated heterocycles. The highest BCUT2D eigenvalue weighted by molar-refractivity contribution is 7.80. The van der Waals surface area contributed by atoms with Gasteiger partial charge in [0.1, 0.15) is 11.2 Å². The zero-order chi connectivity index (χ0) is 27.4. The molecule has 0 aliphatic rings. The maximum atomic E-state index is 6.93. The highest BCUT2D eigenvalue weighted by atomic mass is 31.1. The van der Waals surface area contributed by atoms with Crippen LogP contribution in [0.3, 0.4) is 0 Å². The van der Waals surface area contributed by atoms with Gasteiger partial charge in [0.05, 0.1) is 0 Å². The van der Waals surface area contributed by atoms with E-state index < -0.39 is 16.2 Å². The van der Waals surface area contributed by atoms with E-state index >= 15 is 0 Å². The maximum Gasteiger partial charge on any atom is 0.453 e. The zero-order valence-electron chi connectivity index (χ0n) is 22.1. The van der Waals surface area contributed by atoms with Crippen molar-refractivity contribution in [3.05, 3.63) is 158 Å². The summed E-state index contributed by atoms with van der Waals surface area (Å²) in [6.45, 7) is 0. The molecular weight excluding hydrogens is 542 g/mol. The van der Waals surface area contributed by atoms with Crippen molar-refractivity contribution in [3.8, 4) is 16.9 Å². The molecule has 0 aliphatic carbocycles. The number of benzene rings is 6. The van der Waals surface area contributed by atoms with Gasteiger partial charge in [-0.05, 0) is 36.2 Å². The lowest BCUT2D eigenvalue weighted by Gasteiger charge is -2.23. The minimum absolute atomic E-state index is 0.746. The molecular formula is C36H26O3P2. The van der Waals surface area contributed by atoms with Crippen LogP contribution in [0.25, 0.3) is 33.1 Å². The van der Waals surface area contributed by atoms with E-state index in [4.69, 9.17) is 12.9 Å². The maximum absolute atomic E-state index is 6.93. The minimum Gasteiger partial charge on any atom is -0.390 e. The van der Waals surface area contributed by atoms with Crippen LogP contribution in [0.5, 0.6) is 5.75 Å². The van der Waals surface area contributed by atoms with Crippen molar-refractivity contribution in [3.63, 3.8) is 0 Å². The van der Waals surface area contributed by atoms with Gasteiger partial charge in [-0.3, -0.25) is 0 Å². The van der Waals surface area contributed by atoms with Crippen LogP contribution in [-0.4, -0.2) is 0 Å². The van der Waals surface area contributed by atoms with Crippen LogP contribution in [0.15, 0.2) is 166 Å². The Morgan fingerprint density at radius 1 is 0.463 bits per heavy atom. The summed E-state index contributed by atoms with van der Waals surface area (Å²) in [5.74, 6) is 0.778. The van der Waals surface area contributed by atoms with Crippen LogP contribution in [-0.2, 0) is 0 Å². The standard InChI is InChI=1S/C36H26O3P2/c1-4-15-27(16-5-1)30-23-14-26-35(40(28-17-6-2-7-18-28)29-19-8-3-9-20-29)36(30)39-41-37-33-24-12-10-21-31(33)32-22-11-13-25-34(32)38-41/h1-26H. The van der Waals surface area contributed by atoms with Crippen LogP contribution in [0.2, 0.25) is 0 Å². The van der Waals surface area contributed by atoms with Crippen LogP contribution in [0.1, 0.15) is 0 Å². The van der Waals surface area contributed by atoms with E-state index in [9.17, 15) is 0 Å². The van der Waals surface area contributed by atoms with E-state index in [-0.39, 0.29) is 0 Å². The Balaban J connectivity index is 1.50. The van der Waals surface area contributed by atoms with Crippen molar-refractivity contribution >= 4 is 54.0 Å². The lowest BCUT2D eigenvalue weighted by molar-refractivity contribution is 0.501. The molecule has 0 N–H and O–H groups in total. The Morgan fingerprint density at radius 3 is 1.51 bits per heavy atom. The van der Waals surface area contributed by atoms with Gasteiger partial charge in [0, 0.05) is 21.6 Å². The predicted octanol–water partition coefficient (Wildman–Crippen LogP) is 9.56. The first-order valence-electron chi connectivity index (χ1n) is 13.5. The first-order valence-corrected chi connectivity index (χ1v) is 15.9. The average molecular weight is 569 g/mol. The quantitative estimate of drug-likeness (QED) is 0.187. The minimum atomic E-state index is -1.82. The van der Waals surface area contributed by atoms with E-state index in [1.165, 1.54) is 10.6 Å². The van der Waals surface area contributed by atoms with Crippen molar-refractivity contribution in [2.75, 3.05) is 0 Å². The van der Waals surface area contributed by atoms with Gasteiger partial charge < -0.3 is 12.9 Å². The highest BCUT2D eigenvalue weighted by Crippen LogP contribution is 2.45. The van der Waals surface area contributed by atoms with Crippen LogP contribution >= 0.6 is 16.2 Å². The Hall–Kier alpha value is -4.55. The summed E-state index contributed by atoms with van der Waals surface area (Å²) in [6.07, 6.45) is 0. The number of para-hydroxylation sites is 3. The summed E-state index contributed by atoms with van der Waals surface area (Å²) in [5.41, 5.74) is 3.57. The van der Waals surface area contributed by atoms with Crippen LogP contribution in [0.4, 0.5) is 0 Å². The number of rotatable bonds is 6. The predicted molar refractivity (Wildman–Crippen MR) is 173 cm³/mol. The molecule has 0 aliphatic heterocycles. The second-order valence-corrected chi connectivity index (χ2v) is 12.7. The van der Waals surface area contributed by atoms with Gasteiger partial charge in [0.2, 0.25) is 0 Å². The molecule has 0 unspecified atom stereocenters. The van der Waals surface area contributed by atoms with Gasteiger partial charge in [0.15, 0.2) is 5.75 Å². The van der Waals surface area contributed by atoms with Gasteiger partial charge in [-0.2, -0.15) is 0 Å². The van der Waals surface area contributed by atoms with Crippen LogP contribution in [0, 0.1) is 0 Å². The van der Waals surface area contributed by atoms with Gasteiger partial charge in [-0.25, -0.2) is 0 Å². The third-order valence-electron chi connectivity index (χ3n) is 6.92. The van der Waals surface area contributed by atoms with Crippen molar-refractivity contribution in [2.45, 2.75) is 0 Å². The number of hydrogen-bond donors (Lipinski definition) is 0. The van der Waals surface area contributed by atoms with Crippen molar-refractivity contribution in [2.24, 2.45) is 0 Å². The Kier molecular flexibility index (Phi) is 7.14. The van der Waals surface area contributed by atoms with Gasteiger partial charge in [-0.15, -0.1) is 0 Å². The molecule has 0 radical (unpaired) electrons. The molecule has 7 aromatic rings. The molecule has 41 heavy (non-hydrogen) atoms. The number of fused-ring (bicyclic) bond motifs is 3. The topological polar surface area (TPSA) is 35.5 Å². The van der Waals surface area contributed by atoms with Crippen molar-refractivity contribution < 1.29 is 12.9 Å². The molecule has 0 amide bonds. The third kappa shape index (κ3) is 5.19. The monoisotopic (exact) mass is 568 g/mol. The van der Waals surface area contributed by atoms with E-state index in [0.29, 0.717) is 0 Å². The molecule has 3 nitrogen and oxygen atoms in total. The van der Waals surface area contributed by atoms with Crippen molar-refractivity contribution in [1.82, 2.24) is 0 Å². The second kappa shape index (κ2) is 11.5. The van der Waals surface area contributed by atoms with Gasteiger partial charge >= 0.3 is 8.24 Å². The molecule has 0 spiro atoms. The molecule has 1 aromatic heterocycles. The highest BCUT2D eigenvalue weighted by Gasteiger charge is 2.24. The zero-order valence-corrected chi connectivity index (χ0v) is 23.9. The summed E-state index contributed by atoms with van der Waals surface area (Å²) < 4.78 is 19.9. The largest absolute Gasteiger partial charge is 0.453 e. The first kappa shape index (κ1) is 25.4. The molecule has 0 atom stereocenters. The summed E-state index contributed by atoms with van der Waals surface area (Å²) in [5, 5.41) is 5.58. The Morgan fingerprint density at radius 2 is 0.951 bits per heavy atom. The molecule has 7 rings (SSSR count). The van der Waals surface area contributed by atoms with Crippen LogP contribution < -0.4 is 20.4 Å². The Bertz CT molecular complexity index is 1870. The summed E-state index contributed by atoms with van der Waals surface area (Å²) >= 11 is 0. The first-order chi connectivity index (χ1) is 20.3. The average Bonchev–Trinajstić information content (AvgIpc) is 3.20. The van der Waals surface area contributed by atoms with E-state index in [2.05, 4.69) is 115 Å². The molecule has 6 aromatic carbocycles. The third-order valence-corrected chi connectivity index (χ3v) is 10.4.